The van der Waals surface area contributed by atoms with E-state index < -0.39 is 5.60 Å². The van der Waals surface area contributed by atoms with Crippen LogP contribution in [0.4, 0.5) is 0 Å². The normalized spacial score (nSPS) is 25.7. The van der Waals surface area contributed by atoms with Crippen molar-refractivity contribution in [1.29, 1.82) is 0 Å². The van der Waals surface area contributed by atoms with Gasteiger partial charge in [-0.2, -0.15) is 0 Å². The molecule has 1 heterocycles. The molecule has 4 nitrogen and oxygen atoms in total. The molecule has 1 aliphatic heterocycles. The van der Waals surface area contributed by atoms with Gasteiger partial charge in [0.05, 0.1) is 18.3 Å². The van der Waals surface area contributed by atoms with Crippen LogP contribution in [0.3, 0.4) is 0 Å². The lowest BCUT2D eigenvalue weighted by Crippen LogP contribution is -2.43. The lowest BCUT2D eigenvalue weighted by Gasteiger charge is -2.28. The molecule has 0 aromatic carbocycles. The molecule has 0 bridgehead atoms. The molecule has 1 fully saturated rings. The van der Waals surface area contributed by atoms with E-state index in [9.17, 15) is 5.11 Å². The van der Waals surface area contributed by atoms with E-state index in [2.05, 4.69) is 19.2 Å². The van der Waals surface area contributed by atoms with Gasteiger partial charge in [0.2, 0.25) is 0 Å². The van der Waals surface area contributed by atoms with Crippen molar-refractivity contribution in [3.05, 3.63) is 0 Å². The van der Waals surface area contributed by atoms with Gasteiger partial charge >= 0.3 is 0 Å². The van der Waals surface area contributed by atoms with E-state index >= 15 is 0 Å². The molecule has 0 aromatic heterocycles. The number of rotatable bonds is 6. The summed E-state index contributed by atoms with van der Waals surface area (Å²) in [6, 6.07) is 0. The smallest absolute Gasteiger partial charge is 0.147 e. The van der Waals surface area contributed by atoms with Crippen LogP contribution < -0.4 is 5.32 Å². The van der Waals surface area contributed by atoms with Crippen molar-refractivity contribution in [3.8, 4) is 0 Å². The Balaban J connectivity index is 2.13. The van der Waals surface area contributed by atoms with Gasteiger partial charge in [0.25, 0.3) is 0 Å². The number of ether oxygens (including phenoxy) is 2. The van der Waals surface area contributed by atoms with Gasteiger partial charge in [0.1, 0.15) is 6.79 Å². The zero-order chi connectivity index (χ0) is 12.0. The van der Waals surface area contributed by atoms with Crippen LogP contribution >= 0.6 is 0 Å². The van der Waals surface area contributed by atoms with E-state index in [1.54, 1.807) is 0 Å². The molecule has 0 aliphatic carbocycles. The van der Waals surface area contributed by atoms with Crippen molar-refractivity contribution in [2.75, 3.05) is 26.5 Å². The highest BCUT2D eigenvalue weighted by Gasteiger charge is 2.22. The Bertz CT molecular complexity index is 189. The third-order valence-electron chi connectivity index (χ3n) is 2.70. The molecule has 0 spiro atoms. The van der Waals surface area contributed by atoms with Crippen LogP contribution in [-0.2, 0) is 9.47 Å². The van der Waals surface area contributed by atoms with Gasteiger partial charge in [0.15, 0.2) is 0 Å². The third kappa shape index (κ3) is 5.80. The van der Waals surface area contributed by atoms with E-state index in [4.69, 9.17) is 9.47 Å². The zero-order valence-corrected chi connectivity index (χ0v) is 10.7. The summed E-state index contributed by atoms with van der Waals surface area (Å²) in [5.41, 5.74) is -0.626. The van der Waals surface area contributed by atoms with Crippen LogP contribution in [-0.4, -0.2) is 43.3 Å². The molecule has 0 radical (unpaired) electrons. The van der Waals surface area contributed by atoms with Crippen LogP contribution in [0.5, 0.6) is 0 Å². The highest BCUT2D eigenvalue weighted by atomic mass is 16.7. The molecule has 1 saturated heterocycles. The van der Waals surface area contributed by atoms with E-state index in [1.165, 1.54) is 0 Å². The molecule has 1 rings (SSSR count). The Morgan fingerprint density at radius 3 is 2.81 bits per heavy atom. The van der Waals surface area contributed by atoms with Gasteiger partial charge in [-0.1, -0.05) is 13.8 Å². The number of hydrogen-bond donors (Lipinski definition) is 2. The van der Waals surface area contributed by atoms with Crippen LogP contribution in [0, 0.1) is 5.92 Å². The fourth-order valence-corrected chi connectivity index (χ4v) is 2.12. The predicted octanol–water partition coefficient (Wildman–Crippen LogP) is 1.14. The van der Waals surface area contributed by atoms with Gasteiger partial charge in [-0.3, -0.25) is 0 Å². The number of hydrogen-bond acceptors (Lipinski definition) is 4. The average molecular weight is 231 g/mol. The van der Waals surface area contributed by atoms with Crippen LogP contribution in [0.25, 0.3) is 0 Å². The SMILES string of the molecule is CC(C)CC(C)(O)CNCC1CCOCO1. The molecule has 2 N–H and O–H groups in total. The summed E-state index contributed by atoms with van der Waals surface area (Å²) >= 11 is 0. The molecular weight excluding hydrogens is 206 g/mol. The molecule has 2 atom stereocenters. The summed E-state index contributed by atoms with van der Waals surface area (Å²) in [6.07, 6.45) is 1.97. The first-order chi connectivity index (χ1) is 7.49. The summed E-state index contributed by atoms with van der Waals surface area (Å²) in [5.74, 6) is 0.510. The second-order valence-corrected chi connectivity index (χ2v) is 5.33. The van der Waals surface area contributed by atoms with E-state index in [-0.39, 0.29) is 6.10 Å². The molecule has 2 unspecified atom stereocenters. The Kier molecular flexibility index (Phi) is 5.69. The average Bonchev–Trinajstić information content (AvgIpc) is 2.16. The van der Waals surface area contributed by atoms with Crippen LogP contribution in [0.1, 0.15) is 33.6 Å². The Morgan fingerprint density at radius 1 is 1.50 bits per heavy atom. The molecule has 96 valence electrons. The third-order valence-corrected chi connectivity index (χ3v) is 2.70. The van der Waals surface area contributed by atoms with Crippen molar-refractivity contribution in [2.24, 2.45) is 5.92 Å². The minimum absolute atomic E-state index is 0.226. The molecule has 4 heteroatoms. The maximum atomic E-state index is 10.1. The number of nitrogens with one attached hydrogen (secondary N) is 1. The summed E-state index contributed by atoms with van der Waals surface area (Å²) in [4.78, 5) is 0. The summed E-state index contributed by atoms with van der Waals surface area (Å²) in [6.45, 7) is 8.70. The van der Waals surface area contributed by atoms with Crippen LogP contribution in [0.15, 0.2) is 0 Å². The Hall–Kier alpha value is -0.160. The van der Waals surface area contributed by atoms with Crippen molar-refractivity contribution in [1.82, 2.24) is 5.32 Å². The summed E-state index contributed by atoms with van der Waals surface area (Å²) < 4.78 is 10.5. The minimum Gasteiger partial charge on any atom is -0.389 e. The van der Waals surface area contributed by atoms with E-state index in [0.717, 1.165) is 26.0 Å². The molecule has 0 amide bonds. The van der Waals surface area contributed by atoms with Crippen molar-refractivity contribution >= 4 is 0 Å². The molecular formula is C12H25NO3. The lowest BCUT2D eigenvalue weighted by molar-refractivity contribution is -0.137. The van der Waals surface area contributed by atoms with Gasteiger partial charge in [-0.15, -0.1) is 0 Å². The van der Waals surface area contributed by atoms with Crippen LogP contribution in [0.2, 0.25) is 0 Å². The largest absolute Gasteiger partial charge is 0.389 e. The fourth-order valence-electron chi connectivity index (χ4n) is 2.12. The molecule has 1 aliphatic rings. The first kappa shape index (κ1) is 13.9. The van der Waals surface area contributed by atoms with Gasteiger partial charge < -0.3 is 19.9 Å². The predicted molar refractivity (Wildman–Crippen MR) is 63.3 cm³/mol. The molecule has 0 saturated carbocycles. The van der Waals surface area contributed by atoms with Crippen molar-refractivity contribution < 1.29 is 14.6 Å². The Labute approximate surface area is 98.3 Å². The monoisotopic (exact) mass is 231 g/mol. The first-order valence-corrected chi connectivity index (χ1v) is 6.12. The highest BCUT2D eigenvalue weighted by Crippen LogP contribution is 2.15. The molecule has 0 aromatic rings. The zero-order valence-electron chi connectivity index (χ0n) is 10.7. The van der Waals surface area contributed by atoms with Gasteiger partial charge in [0, 0.05) is 13.1 Å². The summed E-state index contributed by atoms with van der Waals surface area (Å²) in [5, 5.41) is 13.4. The van der Waals surface area contributed by atoms with E-state index in [1.807, 2.05) is 6.92 Å². The second kappa shape index (κ2) is 6.55. The standard InChI is InChI=1S/C12H25NO3/c1-10(2)6-12(3,14)8-13-7-11-4-5-15-9-16-11/h10-11,13-14H,4-9H2,1-3H3. The maximum Gasteiger partial charge on any atom is 0.147 e. The number of aliphatic hydroxyl groups is 1. The maximum absolute atomic E-state index is 10.1. The summed E-state index contributed by atoms with van der Waals surface area (Å²) in [7, 11) is 0. The van der Waals surface area contributed by atoms with Gasteiger partial charge in [-0.05, 0) is 25.7 Å². The molecule has 16 heavy (non-hydrogen) atoms. The van der Waals surface area contributed by atoms with E-state index in [0.29, 0.717) is 19.3 Å². The minimum atomic E-state index is -0.626. The Morgan fingerprint density at radius 2 is 2.25 bits per heavy atom. The highest BCUT2D eigenvalue weighted by molar-refractivity contribution is 4.77. The topological polar surface area (TPSA) is 50.7 Å². The first-order valence-electron chi connectivity index (χ1n) is 6.12. The van der Waals surface area contributed by atoms with Crippen molar-refractivity contribution in [2.45, 2.75) is 45.3 Å². The second-order valence-electron chi connectivity index (χ2n) is 5.33. The lowest BCUT2D eigenvalue weighted by atomic mass is 9.94. The quantitative estimate of drug-likeness (QED) is 0.719. The fraction of sp³-hybridized carbons (Fsp3) is 1.00. The van der Waals surface area contributed by atoms with Crippen molar-refractivity contribution in [3.63, 3.8) is 0 Å². The van der Waals surface area contributed by atoms with Gasteiger partial charge in [-0.25, -0.2) is 0 Å².